The Hall–Kier alpha value is -2.25. The Kier molecular flexibility index (Phi) is 6.15. The van der Waals surface area contributed by atoms with Crippen LogP contribution in [0.15, 0.2) is 41.3 Å². The van der Waals surface area contributed by atoms with Gasteiger partial charge >= 0.3 is 0 Å². The number of nitrogens with zero attached hydrogens (tertiary/aromatic N) is 1. The lowest BCUT2D eigenvalue weighted by atomic mass is 10.1. The normalized spacial score (nSPS) is 11.6. The summed E-state index contributed by atoms with van der Waals surface area (Å²) < 4.78 is 40.7. The van der Waals surface area contributed by atoms with E-state index < -0.39 is 21.7 Å². The summed E-state index contributed by atoms with van der Waals surface area (Å²) in [4.78, 5) is 12.4. The van der Waals surface area contributed by atoms with Gasteiger partial charge in [0.2, 0.25) is 10.0 Å². The number of anilines is 1. The van der Waals surface area contributed by atoms with Crippen molar-refractivity contribution in [2.75, 3.05) is 18.4 Å². The summed E-state index contributed by atoms with van der Waals surface area (Å²) in [7, 11) is -3.78. The number of halogens is 1. The Balaban J connectivity index is 2.41. The fraction of sp³-hybridized carbons (Fsp3) is 0.316. The van der Waals surface area contributed by atoms with Crippen molar-refractivity contribution >= 4 is 21.6 Å². The predicted octanol–water partition coefficient (Wildman–Crippen LogP) is 3.73. The average molecular weight is 378 g/mol. The summed E-state index contributed by atoms with van der Waals surface area (Å²) in [6, 6.07) is 8.81. The van der Waals surface area contributed by atoms with Crippen molar-refractivity contribution in [3.05, 3.63) is 58.9 Å². The van der Waals surface area contributed by atoms with Crippen LogP contribution in [0.25, 0.3) is 0 Å². The molecule has 0 unspecified atom stereocenters. The standard InChI is InChI=1S/C19H23FN2O3S/c1-5-22(6-2)26(24,25)15-9-10-17(20)16(12-15)19(23)21-18-11-13(3)7-8-14(18)4/h7-12H,5-6H2,1-4H3,(H,21,23). The van der Waals surface area contributed by atoms with E-state index in [1.807, 2.05) is 26.0 Å². The van der Waals surface area contributed by atoms with Crippen molar-refractivity contribution in [1.82, 2.24) is 4.31 Å². The van der Waals surface area contributed by atoms with E-state index in [9.17, 15) is 17.6 Å². The van der Waals surface area contributed by atoms with Crippen molar-refractivity contribution in [2.45, 2.75) is 32.6 Å². The van der Waals surface area contributed by atoms with E-state index in [-0.39, 0.29) is 10.5 Å². The molecule has 7 heteroatoms. The van der Waals surface area contributed by atoms with Gasteiger partial charge in [0.15, 0.2) is 0 Å². The SMILES string of the molecule is CCN(CC)S(=O)(=O)c1ccc(F)c(C(=O)Nc2cc(C)ccc2C)c1. The number of sulfonamides is 1. The molecule has 0 radical (unpaired) electrons. The summed E-state index contributed by atoms with van der Waals surface area (Å²) in [6.45, 7) is 7.73. The fourth-order valence-electron chi connectivity index (χ4n) is 2.61. The molecule has 26 heavy (non-hydrogen) atoms. The molecule has 140 valence electrons. The largest absolute Gasteiger partial charge is 0.322 e. The molecule has 2 aromatic carbocycles. The molecule has 0 aliphatic heterocycles. The maximum Gasteiger partial charge on any atom is 0.258 e. The van der Waals surface area contributed by atoms with Gasteiger partial charge < -0.3 is 5.32 Å². The zero-order valence-electron chi connectivity index (χ0n) is 15.3. The molecule has 0 aliphatic rings. The Morgan fingerprint density at radius 1 is 1.08 bits per heavy atom. The molecule has 0 saturated carbocycles. The van der Waals surface area contributed by atoms with E-state index in [2.05, 4.69) is 5.32 Å². The molecular formula is C19H23FN2O3S. The van der Waals surface area contributed by atoms with Crippen LogP contribution in [0.1, 0.15) is 35.3 Å². The number of rotatable bonds is 6. The molecular weight excluding hydrogens is 355 g/mol. The summed E-state index contributed by atoms with van der Waals surface area (Å²) in [5.41, 5.74) is 2.03. The highest BCUT2D eigenvalue weighted by Gasteiger charge is 2.24. The van der Waals surface area contributed by atoms with Crippen LogP contribution in [-0.4, -0.2) is 31.7 Å². The Morgan fingerprint density at radius 2 is 1.73 bits per heavy atom. The molecule has 0 aromatic heterocycles. The lowest BCUT2D eigenvalue weighted by Gasteiger charge is -2.19. The van der Waals surface area contributed by atoms with Crippen LogP contribution in [0.2, 0.25) is 0 Å². The van der Waals surface area contributed by atoms with Gasteiger partial charge in [-0.25, -0.2) is 12.8 Å². The highest BCUT2D eigenvalue weighted by molar-refractivity contribution is 7.89. The van der Waals surface area contributed by atoms with E-state index >= 15 is 0 Å². The van der Waals surface area contributed by atoms with Crippen molar-refractivity contribution in [3.8, 4) is 0 Å². The van der Waals surface area contributed by atoms with Crippen LogP contribution in [0.3, 0.4) is 0 Å². The Bertz CT molecular complexity index is 922. The number of nitrogens with one attached hydrogen (secondary N) is 1. The first-order valence-electron chi connectivity index (χ1n) is 8.39. The molecule has 0 bridgehead atoms. The van der Waals surface area contributed by atoms with E-state index in [0.717, 1.165) is 23.3 Å². The average Bonchev–Trinajstić information content (AvgIpc) is 2.59. The Morgan fingerprint density at radius 3 is 2.35 bits per heavy atom. The van der Waals surface area contributed by atoms with E-state index in [1.165, 1.54) is 10.4 Å². The summed E-state index contributed by atoms with van der Waals surface area (Å²) in [5, 5.41) is 2.66. The molecule has 0 heterocycles. The number of amides is 1. The van der Waals surface area contributed by atoms with Gasteiger partial charge in [-0.1, -0.05) is 26.0 Å². The summed E-state index contributed by atoms with van der Waals surface area (Å²) in [6.07, 6.45) is 0. The van der Waals surface area contributed by atoms with Crippen molar-refractivity contribution < 1.29 is 17.6 Å². The molecule has 0 aliphatic carbocycles. The van der Waals surface area contributed by atoms with E-state index in [0.29, 0.717) is 18.8 Å². The first-order chi connectivity index (χ1) is 12.2. The highest BCUT2D eigenvalue weighted by Crippen LogP contribution is 2.22. The lowest BCUT2D eigenvalue weighted by molar-refractivity contribution is 0.102. The molecule has 0 spiro atoms. The lowest BCUT2D eigenvalue weighted by Crippen LogP contribution is -2.31. The van der Waals surface area contributed by atoms with Gasteiger partial charge in [0.25, 0.3) is 5.91 Å². The van der Waals surface area contributed by atoms with Crippen molar-refractivity contribution in [2.24, 2.45) is 0 Å². The second kappa shape index (κ2) is 7.97. The van der Waals surface area contributed by atoms with Crippen LogP contribution < -0.4 is 5.32 Å². The van der Waals surface area contributed by atoms with Crippen LogP contribution in [0.5, 0.6) is 0 Å². The fourth-order valence-corrected chi connectivity index (χ4v) is 4.10. The Labute approximate surface area is 153 Å². The maximum atomic E-state index is 14.2. The monoisotopic (exact) mass is 378 g/mol. The molecule has 1 N–H and O–H groups in total. The smallest absolute Gasteiger partial charge is 0.258 e. The minimum Gasteiger partial charge on any atom is -0.322 e. The van der Waals surface area contributed by atoms with Gasteiger partial charge in [-0.05, 0) is 49.2 Å². The zero-order chi connectivity index (χ0) is 19.5. The van der Waals surface area contributed by atoms with Gasteiger partial charge in [0, 0.05) is 18.8 Å². The van der Waals surface area contributed by atoms with E-state index in [1.54, 1.807) is 19.9 Å². The predicted molar refractivity (Wildman–Crippen MR) is 100 cm³/mol. The van der Waals surface area contributed by atoms with Crippen LogP contribution in [0.4, 0.5) is 10.1 Å². The summed E-state index contributed by atoms with van der Waals surface area (Å²) >= 11 is 0. The maximum absolute atomic E-state index is 14.2. The van der Waals surface area contributed by atoms with Gasteiger partial charge in [-0.15, -0.1) is 0 Å². The highest BCUT2D eigenvalue weighted by atomic mass is 32.2. The number of benzene rings is 2. The minimum absolute atomic E-state index is 0.103. The molecule has 1 amide bonds. The van der Waals surface area contributed by atoms with E-state index in [4.69, 9.17) is 0 Å². The van der Waals surface area contributed by atoms with Gasteiger partial charge in [-0.3, -0.25) is 4.79 Å². The van der Waals surface area contributed by atoms with Gasteiger partial charge in [-0.2, -0.15) is 4.31 Å². The molecule has 0 fully saturated rings. The quantitative estimate of drug-likeness (QED) is 0.833. The number of hydrogen-bond donors (Lipinski definition) is 1. The second-order valence-corrected chi connectivity index (χ2v) is 7.94. The van der Waals surface area contributed by atoms with Crippen LogP contribution in [0, 0.1) is 19.7 Å². The summed E-state index contributed by atoms with van der Waals surface area (Å²) in [5.74, 6) is -1.46. The second-order valence-electron chi connectivity index (χ2n) is 6.00. The van der Waals surface area contributed by atoms with Crippen molar-refractivity contribution in [3.63, 3.8) is 0 Å². The third kappa shape index (κ3) is 4.11. The molecule has 5 nitrogen and oxygen atoms in total. The third-order valence-corrected chi connectivity index (χ3v) is 6.21. The van der Waals surface area contributed by atoms with Crippen LogP contribution in [-0.2, 0) is 10.0 Å². The zero-order valence-corrected chi connectivity index (χ0v) is 16.2. The molecule has 2 rings (SSSR count). The number of carbonyl (C=O) groups is 1. The van der Waals surface area contributed by atoms with Crippen molar-refractivity contribution in [1.29, 1.82) is 0 Å². The molecule has 2 aromatic rings. The molecule has 0 saturated heterocycles. The number of carbonyl (C=O) groups excluding carboxylic acids is 1. The van der Waals surface area contributed by atoms with Gasteiger partial charge in [0.05, 0.1) is 10.5 Å². The topological polar surface area (TPSA) is 66.5 Å². The van der Waals surface area contributed by atoms with Crippen LogP contribution >= 0.6 is 0 Å². The molecule has 0 atom stereocenters. The van der Waals surface area contributed by atoms with Gasteiger partial charge in [0.1, 0.15) is 5.82 Å². The number of aryl methyl sites for hydroxylation is 2. The number of hydrogen-bond acceptors (Lipinski definition) is 3. The minimum atomic E-state index is -3.78. The third-order valence-electron chi connectivity index (χ3n) is 4.17. The first-order valence-corrected chi connectivity index (χ1v) is 9.83. The first kappa shape index (κ1) is 20.1.